The maximum Gasteiger partial charge on any atom is 0.137 e. The van der Waals surface area contributed by atoms with Gasteiger partial charge in [0.15, 0.2) is 0 Å². The Bertz CT molecular complexity index is 2490. The monoisotopic (exact) mass is 593 g/mol. The third-order valence-electron chi connectivity index (χ3n) is 8.67. The van der Waals surface area contributed by atoms with Gasteiger partial charge < -0.3 is 9.32 Å². The second-order valence-corrected chi connectivity index (χ2v) is 12.4. The Morgan fingerprint density at radius 1 is 0.422 bits per heavy atom. The number of hydrogen-bond acceptors (Lipinski definition) is 3. The molecule has 0 aliphatic carbocycles. The van der Waals surface area contributed by atoms with Gasteiger partial charge in [-0.3, -0.25) is 0 Å². The normalized spacial score (nSPS) is 11.6. The highest BCUT2D eigenvalue weighted by Gasteiger charge is 2.22. The van der Waals surface area contributed by atoms with Crippen LogP contribution in [-0.2, 0) is 0 Å². The van der Waals surface area contributed by atoms with E-state index in [9.17, 15) is 0 Å². The molecular formula is C42H27NOS. The lowest BCUT2D eigenvalue weighted by Gasteiger charge is -2.29. The standard InChI is InChI=1S/C42H27NOS/c1-3-12-28(13-4-1)32-18-11-19-37(42(32)29-22-25-41-36(26-29)35-17-8-10-21-40(35)45-41)43(30-14-5-2-6-15-30)31-23-24-34-33-16-7-9-20-38(33)44-39(34)27-31/h1-27H. The number of fused-ring (bicyclic) bond motifs is 6. The van der Waals surface area contributed by atoms with Gasteiger partial charge in [0.1, 0.15) is 11.2 Å². The number of nitrogens with zero attached hydrogens (tertiary/aromatic N) is 1. The van der Waals surface area contributed by atoms with Crippen LogP contribution in [0, 0.1) is 0 Å². The van der Waals surface area contributed by atoms with E-state index in [1.807, 2.05) is 23.5 Å². The highest BCUT2D eigenvalue weighted by Crippen LogP contribution is 2.47. The van der Waals surface area contributed by atoms with Crippen molar-refractivity contribution in [2.45, 2.75) is 0 Å². The van der Waals surface area contributed by atoms with Crippen LogP contribution in [0.5, 0.6) is 0 Å². The molecule has 0 fully saturated rings. The summed E-state index contributed by atoms with van der Waals surface area (Å²) in [5, 5.41) is 4.84. The van der Waals surface area contributed by atoms with Crippen LogP contribution in [-0.4, -0.2) is 0 Å². The van der Waals surface area contributed by atoms with Crippen molar-refractivity contribution in [3.05, 3.63) is 164 Å². The number of furan rings is 1. The predicted octanol–water partition coefficient (Wildman–Crippen LogP) is 12.8. The van der Waals surface area contributed by atoms with Crippen molar-refractivity contribution >= 4 is 70.5 Å². The first-order valence-electron chi connectivity index (χ1n) is 15.2. The molecular weight excluding hydrogens is 567 g/mol. The second-order valence-electron chi connectivity index (χ2n) is 11.3. The van der Waals surface area contributed by atoms with Gasteiger partial charge in [-0.2, -0.15) is 0 Å². The maximum absolute atomic E-state index is 6.38. The van der Waals surface area contributed by atoms with E-state index >= 15 is 0 Å². The number of benzene rings is 7. The highest BCUT2D eigenvalue weighted by atomic mass is 32.1. The molecule has 0 saturated carbocycles. The van der Waals surface area contributed by atoms with Gasteiger partial charge in [-0.25, -0.2) is 0 Å². The van der Waals surface area contributed by atoms with Gasteiger partial charge in [0, 0.05) is 53.9 Å². The molecule has 0 N–H and O–H groups in total. The zero-order chi connectivity index (χ0) is 29.7. The number of hydrogen-bond donors (Lipinski definition) is 0. The van der Waals surface area contributed by atoms with E-state index in [0.29, 0.717) is 0 Å². The Labute approximate surface area is 265 Å². The zero-order valence-corrected chi connectivity index (χ0v) is 25.2. The minimum absolute atomic E-state index is 0.876. The summed E-state index contributed by atoms with van der Waals surface area (Å²) in [4.78, 5) is 2.37. The van der Waals surface area contributed by atoms with Gasteiger partial charge in [0.05, 0.1) is 5.69 Å². The van der Waals surface area contributed by atoms with Crippen molar-refractivity contribution in [1.82, 2.24) is 0 Å². The molecule has 0 amide bonds. The van der Waals surface area contributed by atoms with Crippen LogP contribution in [0.1, 0.15) is 0 Å². The third-order valence-corrected chi connectivity index (χ3v) is 9.82. The van der Waals surface area contributed by atoms with Crippen molar-refractivity contribution in [3.63, 3.8) is 0 Å². The lowest BCUT2D eigenvalue weighted by atomic mass is 9.91. The van der Waals surface area contributed by atoms with Crippen molar-refractivity contribution in [2.75, 3.05) is 4.90 Å². The smallest absolute Gasteiger partial charge is 0.137 e. The van der Waals surface area contributed by atoms with Crippen LogP contribution in [0.4, 0.5) is 17.1 Å². The molecule has 2 aromatic heterocycles. The minimum atomic E-state index is 0.876. The Balaban J connectivity index is 1.34. The van der Waals surface area contributed by atoms with Crippen molar-refractivity contribution in [1.29, 1.82) is 0 Å². The molecule has 45 heavy (non-hydrogen) atoms. The van der Waals surface area contributed by atoms with E-state index < -0.39 is 0 Å². The van der Waals surface area contributed by atoms with Crippen LogP contribution in [0.2, 0.25) is 0 Å². The molecule has 3 heteroatoms. The van der Waals surface area contributed by atoms with E-state index in [4.69, 9.17) is 4.42 Å². The molecule has 9 aromatic rings. The molecule has 0 bridgehead atoms. The highest BCUT2D eigenvalue weighted by molar-refractivity contribution is 7.25. The summed E-state index contributed by atoms with van der Waals surface area (Å²) in [5.41, 5.74) is 9.77. The summed E-state index contributed by atoms with van der Waals surface area (Å²) in [5.74, 6) is 0. The SMILES string of the molecule is c1ccc(-c2cccc(N(c3ccccc3)c3ccc4c(c3)oc3ccccc34)c2-c2ccc3sc4ccccc4c3c2)cc1. The first kappa shape index (κ1) is 25.8. The van der Waals surface area contributed by atoms with E-state index in [1.54, 1.807) is 0 Å². The second kappa shape index (κ2) is 10.5. The summed E-state index contributed by atoms with van der Waals surface area (Å²) in [6.45, 7) is 0. The molecule has 0 radical (unpaired) electrons. The molecule has 0 spiro atoms. The molecule has 212 valence electrons. The van der Waals surface area contributed by atoms with Gasteiger partial charge in [-0.15, -0.1) is 11.3 Å². The van der Waals surface area contributed by atoms with Crippen LogP contribution >= 0.6 is 11.3 Å². The Morgan fingerprint density at radius 2 is 1.13 bits per heavy atom. The Morgan fingerprint density at radius 3 is 2.00 bits per heavy atom. The molecule has 2 heterocycles. The van der Waals surface area contributed by atoms with Gasteiger partial charge in [0.2, 0.25) is 0 Å². The zero-order valence-electron chi connectivity index (χ0n) is 24.4. The average Bonchev–Trinajstić information content (AvgIpc) is 3.67. The van der Waals surface area contributed by atoms with Gasteiger partial charge in [0.25, 0.3) is 0 Å². The van der Waals surface area contributed by atoms with Crippen molar-refractivity contribution in [2.24, 2.45) is 0 Å². The lowest BCUT2D eigenvalue weighted by molar-refractivity contribution is 0.669. The van der Waals surface area contributed by atoms with E-state index in [0.717, 1.165) is 39.0 Å². The summed E-state index contributed by atoms with van der Waals surface area (Å²) in [7, 11) is 0. The van der Waals surface area contributed by atoms with Gasteiger partial charge in [-0.1, -0.05) is 103 Å². The van der Waals surface area contributed by atoms with Gasteiger partial charge >= 0.3 is 0 Å². The van der Waals surface area contributed by atoms with E-state index in [1.165, 1.54) is 42.4 Å². The molecule has 0 saturated heterocycles. The fraction of sp³-hybridized carbons (Fsp3) is 0. The molecule has 0 unspecified atom stereocenters. The predicted molar refractivity (Wildman–Crippen MR) is 192 cm³/mol. The number of rotatable bonds is 5. The first-order chi connectivity index (χ1) is 22.3. The van der Waals surface area contributed by atoms with Crippen molar-refractivity contribution < 1.29 is 4.42 Å². The maximum atomic E-state index is 6.38. The molecule has 7 aromatic carbocycles. The van der Waals surface area contributed by atoms with Crippen LogP contribution < -0.4 is 4.90 Å². The lowest BCUT2D eigenvalue weighted by Crippen LogP contribution is -2.11. The number of anilines is 3. The summed E-state index contributed by atoms with van der Waals surface area (Å²) < 4.78 is 8.99. The molecule has 0 aliphatic rings. The largest absolute Gasteiger partial charge is 0.456 e. The fourth-order valence-electron chi connectivity index (χ4n) is 6.63. The van der Waals surface area contributed by atoms with Crippen molar-refractivity contribution in [3.8, 4) is 22.3 Å². The molecule has 9 rings (SSSR count). The van der Waals surface area contributed by atoms with E-state index in [2.05, 4.69) is 157 Å². The first-order valence-corrected chi connectivity index (χ1v) is 16.0. The number of para-hydroxylation sites is 2. The van der Waals surface area contributed by atoms with Crippen LogP contribution in [0.15, 0.2) is 168 Å². The Hall–Kier alpha value is -5.64. The summed E-state index contributed by atoms with van der Waals surface area (Å²) in [6, 6.07) is 58.5. The molecule has 2 nitrogen and oxygen atoms in total. The number of thiophene rings is 1. The third kappa shape index (κ3) is 4.32. The Kier molecular flexibility index (Phi) is 6.03. The van der Waals surface area contributed by atoms with Crippen LogP contribution in [0.3, 0.4) is 0 Å². The summed E-state index contributed by atoms with van der Waals surface area (Å²) >= 11 is 1.85. The average molecular weight is 594 g/mol. The van der Waals surface area contributed by atoms with Crippen LogP contribution in [0.25, 0.3) is 64.4 Å². The molecule has 0 aliphatic heterocycles. The quantitative estimate of drug-likeness (QED) is 0.197. The topological polar surface area (TPSA) is 16.4 Å². The fourth-order valence-corrected chi connectivity index (χ4v) is 7.71. The summed E-state index contributed by atoms with van der Waals surface area (Å²) in [6.07, 6.45) is 0. The molecule has 0 atom stereocenters. The van der Waals surface area contributed by atoms with E-state index in [-0.39, 0.29) is 0 Å². The van der Waals surface area contributed by atoms with Gasteiger partial charge in [-0.05, 0) is 71.3 Å². The minimum Gasteiger partial charge on any atom is -0.456 e.